The molecule has 4 unspecified atom stereocenters. The molecule has 232 valence electrons. The van der Waals surface area contributed by atoms with Crippen LogP contribution in [-0.4, -0.2) is 98.1 Å². The lowest BCUT2D eigenvalue weighted by molar-refractivity contribution is 0.134. The van der Waals surface area contributed by atoms with Gasteiger partial charge in [0.25, 0.3) is 0 Å². The van der Waals surface area contributed by atoms with E-state index in [1.807, 2.05) is 0 Å². The lowest BCUT2D eigenvalue weighted by Gasteiger charge is -2.34. The summed E-state index contributed by atoms with van der Waals surface area (Å²) in [6.45, 7) is 35.2. The SMILES string of the molecule is CCCC(C)CN(CC)CCN(CCN(CC)CC(C)CCC)CCN(CC(C)CCC)CC(C)CCC#N. The molecule has 0 bridgehead atoms. The Hall–Kier alpha value is -0.670. The maximum Gasteiger partial charge on any atom is 0.0621 e. The van der Waals surface area contributed by atoms with Gasteiger partial charge in [0, 0.05) is 71.9 Å². The average Bonchev–Trinajstić information content (AvgIpc) is 2.89. The number of likely N-dealkylation sites (N-methyl/N-ethyl adjacent to an activating group) is 2. The summed E-state index contributed by atoms with van der Waals surface area (Å²) in [4.78, 5) is 10.8. The summed E-state index contributed by atoms with van der Waals surface area (Å²) in [6.07, 6.45) is 9.49. The van der Waals surface area contributed by atoms with Gasteiger partial charge in [-0.2, -0.15) is 5.26 Å². The minimum absolute atomic E-state index is 0.582. The molecule has 0 rings (SSSR count). The fourth-order valence-corrected chi connectivity index (χ4v) is 6.12. The van der Waals surface area contributed by atoms with E-state index < -0.39 is 0 Å². The molecule has 0 aromatic carbocycles. The van der Waals surface area contributed by atoms with Gasteiger partial charge < -0.3 is 14.7 Å². The molecule has 0 fully saturated rings. The van der Waals surface area contributed by atoms with Gasteiger partial charge in [-0.3, -0.25) is 4.90 Å². The molecule has 0 radical (unpaired) electrons. The third-order valence-electron chi connectivity index (χ3n) is 8.46. The first-order chi connectivity index (χ1) is 18.7. The predicted molar refractivity (Wildman–Crippen MR) is 173 cm³/mol. The normalized spacial score (nSPS) is 15.3. The third kappa shape index (κ3) is 20.8. The van der Waals surface area contributed by atoms with Crippen LogP contribution < -0.4 is 0 Å². The van der Waals surface area contributed by atoms with E-state index in [2.05, 4.69) is 88.0 Å². The van der Waals surface area contributed by atoms with E-state index >= 15 is 0 Å². The van der Waals surface area contributed by atoms with Gasteiger partial charge in [-0.15, -0.1) is 0 Å². The Morgan fingerprint density at radius 3 is 1.10 bits per heavy atom. The van der Waals surface area contributed by atoms with Crippen molar-refractivity contribution >= 4 is 0 Å². The highest BCUT2D eigenvalue weighted by molar-refractivity contribution is 4.75. The van der Waals surface area contributed by atoms with Gasteiger partial charge in [-0.1, -0.05) is 81.6 Å². The topological polar surface area (TPSA) is 36.8 Å². The van der Waals surface area contributed by atoms with Crippen molar-refractivity contribution in [3.63, 3.8) is 0 Å². The molecule has 39 heavy (non-hydrogen) atoms. The van der Waals surface area contributed by atoms with E-state index in [1.165, 1.54) is 71.2 Å². The molecular formula is C34H71N5. The van der Waals surface area contributed by atoms with Crippen LogP contribution in [0.3, 0.4) is 0 Å². The van der Waals surface area contributed by atoms with Crippen molar-refractivity contribution in [3.8, 4) is 6.07 Å². The number of nitriles is 1. The molecule has 0 aliphatic carbocycles. The summed E-state index contributed by atoms with van der Waals surface area (Å²) < 4.78 is 0. The average molecular weight is 550 g/mol. The zero-order chi connectivity index (χ0) is 29.5. The van der Waals surface area contributed by atoms with E-state index in [9.17, 15) is 0 Å². The maximum absolute atomic E-state index is 9.08. The molecule has 5 heteroatoms. The van der Waals surface area contributed by atoms with E-state index in [0.29, 0.717) is 12.3 Å². The molecule has 0 aliphatic heterocycles. The Kier molecular flexibility index (Phi) is 24.6. The predicted octanol–water partition coefficient (Wildman–Crippen LogP) is 7.48. The summed E-state index contributed by atoms with van der Waals surface area (Å²) in [5.41, 5.74) is 0. The van der Waals surface area contributed by atoms with Crippen LogP contribution in [-0.2, 0) is 0 Å². The molecular weight excluding hydrogens is 478 g/mol. The highest BCUT2D eigenvalue weighted by Crippen LogP contribution is 2.14. The second kappa shape index (κ2) is 25.1. The van der Waals surface area contributed by atoms with E-state index in [-0.39, 0.29) is 0 Å². The van der Waals surface area contributed by atoms with Gasteiger partial charge in [-0.05, 0) is 62.4 Å². The fourth-order valence-electron chi connectivity index (χ4n) is 6.12. The van der Waals surface area contributed by atoms with Crippen LogP contribution in [0.5, 0.6) is 0 Å². The van der Waals surface area contributed by atoms with Crippen LogP contribution in [0.1, 0.15) is 114 Å². The summed E-state index contributed by atoms with van der Waals surface area (Å²) >= 11 is 0. The molecule has 0 aromatic heterocycles. The highest BCUT2D eigenvalue weighted by Gasteiger charge is 2.18. The van der Waals surface area contributed by atoms with Crippen LogP contribution in [0.2, 0.25) is 0 Å². The molecule has 0 aliphatic rings. The molecule has 0 N–H and O–H groups in total. The maximum atomic E-state index is 9.08. The first kappa shape index (κ1) is 38.3. The Bertz CT molecular complexity index is 550. The standard InChI is InChI=1S/C34H71N5/c1-10-16-31(6)27-36(13-4)21-23-38(24-22-37(14-5)28-32(7)17-11-2)25-26-39(29-33(8)18-12-3)30-34(9)19-15-20-35/h31-34H,10-19,21-30H2,1-9H3. The van der Waals surface area contributed by atoms with Gasteiger partial charge in [0.05, 0.1) is 6.07 Å². The smallest absolute Gasteiger partial charge is 0.0621 e. The highest BCUT2D eigenvalue weighted by atomic mass is 15.2. The molecule has 0 spiro atoms. The molecule has 5 nitrogen and oxygen atoms in total. The summed E-state index contributed by atoms with van der Waals surface area (Å²) in [5.74, 6) is 2.88. The number of hydrogen-bond acceptors (Lipinski definition) is 5. The third-order valence-corrected chi connectivity index (χ3v) is 8.46. The first-order valence-electron chi connectivity index (χ1n) is 17.0. The van der Waals surface area contributed by atoms with Gasteiger partial charge in [0.15, 0.2) is 0 Å². The lowest BCUT2D eigenvalue weighted by Crippen LogP contribution is -2.45. The molecule has 0 saturated heterocycles. The van der Waals surface area contributed by atoms with E-state index in [0.717, 1.165) is 70.0 Å². The van der Waals surface area contributed by atoms with Gasteiger partial charge in [0.2, 0.25) is 0 Å². The number of hydrogen-bond donors (Lipinski definition) is 0. The Morgan fingerprint density at radius 1 is 0.462 bits per heavy atom. The second-order valence-electron chi connectivity index (χ2n) is 12.9. The van der Waals surface area contributed by atoms with Crippen molar-refractivity contribution < 1.29 is 0 Å². The van der Waals surface area contributed by atoms with Crippen LogP contribution in [0, 0.1) is 35.0 Å². The zero-order valence-electron chi connectivity index (χ0n) is 28.2. The number of rotatable bonds is 27. The molecule has 4 atom stereocenters. The van der Waals surface area contributed by atoms with Crippen LogP contribution in [0.15, 0.2) is 0 Å². The Labute approximate surface area is 246 Å². The van der Waals surface area contributed by atoms with Crippen molar-refractivity contribution in [3.05, 3.63) is 0 Å². The van der Waals surface area contributed by atoms with Gasteiger partial charge in [-0.25, -0.2) is 0 Å². The minimum atomic E-state index is 0.582. The van der Waals surface area contributed by atoms with Crippen LogP contribution in [0.25, 0.3) is 0 Å². The molecule has 0 saturated carbocycles. The Morgan fingerprint density at radius 2 is 0.769 bits per heavy atom. The van der Waals surface area contributed by atoms with Crippen LogP contribution in [0.4, 0.5) is 0 Å². The largest absolute Gasteiger partial charge is 0.302 e. The first-order valence-corrected chi connectivity index (χ1v) is 17.0. The minimum Gasteiger partial charge on any atom is -0.302 e. The van der Waals surface area contributed by atoms with Crippen molar-refractivity contribution in [1.29, 1.82) is 5.26 Å². The van der Waals surface area contributed by atoms with Crippen molar-refractivity contribution in [2.24, 2.45) is 23.7 Å². The lowest BCUT2D eigenvalue weighted by atomic mass is 10.0. The summed E-state index contributed by atoms with van der Waals surface area (Å²) in [5, 5.41) is 9.08. The van der Waals surface area contributed by atoms with Crippen molar-refractivity contribution in [2.45, 2.75) is 114 Å². The Balaban J connectivity index is 5.35. The van der Waals surface area contributed by atoms with Crippen LogP contribution >= 0.6 is 0 Å². The van der Waals surface area contributed by atoms with Gasteiger partial charge >= 0.3 is 0 Å². The van der Waals surface area contributed by atoms with Crippen molar-refractivity contribution in [2.75, 3.05) is 78.5 Å². The number of nitrogens with zero attached hydrogens (tertiary/aromatic N) is 5. The monoisotopic (exact) mass is 550 g/mol. The van der Waals surface area contributed by atoms with Crippen molar-refractivity contribution in [1.82, 2.24) is 19.6 Å². The fraction of sp³-hybridized carbons (Fsp3) is 0.971. The zero-order valence-corrected chi connectivity index (χ0v) is 28.2. The molecule has 0 amide bonds. The van der Waals surface area contributed by atoms with E-state index in [4.69, 9.17) is 5.26 Å². The summed E-state index contributed by atoms with van der Waals surface area (Å²) in [7, 11) is 0. The van der Waals surface area contributed by atoms with E-state index in [1.54, 1.807) is 0 Å². The van der Waals surface area contributed by atoms with Gasteiger partial charge in [0.1, 0.15) is 0 Å². The second-order valence-corrected chi connectivity index (χ2v) is 12.9. The molecule has 0 aromatic rings. The summed E-state index contributed by atoms with van der Waals surface area (Å²) in [6, 6.07) is 2.36. The molecule has 0 heterocycles. The quantitative estimate of drug-likeness (QED) is 0.106.